The third kappa shape index (κ3) is 4.51. The van der Waals surface area contributed by atoms with Crippen molar-refractivity contribution in [3.63, 3.8) is 0 Å². The third-order valence-corrected chi connectivity index (χ3v) is 7.06. The lowest BCUT2D eigenvalue weighted by atomic mass is 9.80. The highest BCUT2D eigenvalue weighted by molar-refractivity contribution is 6.43. The van der Waals surface area contributed by atoms with Crippen molar-refractivity contribution in [3.05, 3.63) is 33.8 Å². The van der Waals surface area contributed by atoms with Crippen LogP contribution in [-0.2, 0) is 0 Å². The Hall–Kier alpha value is -1.46. The Morgan fingerprint density at radius 1 is 1.10 bits per heavy atom. The lowest BCUT2D eigenvalue weighted by molar-refractivity contribution is 0.0275. The highest BCUT2D eigenvalue weighted by Crippen LogP contribution is 2.40. The van der Waals surface area contributed by atoms with Gasteiger partial charge in [-0.3, -0.25) is 4.79 Å². The number of hydrogen-bond donors (Lipinski definition) is 1. The Morgan fingerprint density at radius 2 is 1.76 bits per heavy atom. The monoisotopic (exact) mass is 440 g/mol. The molecule has 1 aromatic carbocycles. The van der Waals surface area contributed by atoms with E-state index in [-0.39, 0.29) is 34.5 Å². The largest absolute Gasteiger partial charge is 0.465 e. The second-order valence-corrected chi connectivity index (χ2v) is 10.0. The number of carboxylic acid groups (broad SMARTS) is 1. The van der Waals surface area contributed by atoms with Crippen LogP contribution in [0.1, 0.15) is 69.7 Å². The summed E-state index contributed by atoms with van der Waals surface area (Å²) in [7, 11) is 0. The van der Waals surface area contributed by atoms with Gasteiger partial charge in [0.25, 0.3) is 5.91 Å². The molecule has 1 saturated heterocycles. The van der Waals surface area contributed by atoms with Gasteiger partial charge in [0.1, 0.15) is 0 Å². The van der Waals surface area contributed by atoms with E-state index in [0.717, 1.165) is 25.7 Å². The Labute approximate surface area is 183 Å². The molecule has 1 saturated carbocycles. The molecule has 2 fully saturated rings. The molecule has 2 amide bonds. The van der Waals surface area contributed by atoms with Gasteiger partial charge in [-0.15, -0.1) is 0 Å². The van der Waals surface area contributed by atoms with Gasteiger partial charge < -0.3 is 14.9 Å². The zero-order valence-electron chi connectivity index (χ0n) is 17.3. The molecule has 0 aromatic heterocycles. The van der Waals surface area contributed by atoms with Gasteiger partial charge >= 0.3 is 6.09 Å². The molecule has 2 aliphatic rings. The molecule has 1 N–H and O–H groups in total. The van der Waals surface area contributed by atoms with E-state index in [1.54, 1.807) is 18.2 Å². The number of halogens is 2. The van der Waals surface area contributed by atoms with Gasteiger partial charge in [-0.2, -0.15) is 0 Å². The molecule has 1 aromatic rings. The molecular weight excluding hydrogens is 411 g/mol. The van der Waals surface area contributed by atoms with E-state index >= 15 is 0 Å². The number of benzene rings is 1. The molecule has 7 heteroatoms. The summed E-state index contributed by atoms with van der Waals surface area (Å²) in [6.45, 7) is 6.56. The maximum absolute atomic E-state index is 13.8. The second kappa shape index (κ2) is 8.73. The van der Waals surface area contributed by atoms with Crippen molar-refractivity contribution in [2.75, 3.05) is 6.54 Å². The van der Waals surface area contributed by atoms with E-state index in [4.69, 9.17) is 23.2 Å². The minimum atomic E-state index is -0.927. The van der Waals surface area contributed by atoms with Crippen molar-refractivity contribution in [3.8, 4) is 0 Å². The number of carbonyl (C=O) groups is 2. The number of amides is 2. The summed E-state index contributed by atoms with van der Waals surface area (Å²) in [5.74, 6) is -0.143. The topological polar surface area (TPSA) is 60.9 Å². The average molecular weight is 441 g/mol. The van der Waals surface area contributed by atoms with Crippen LogP contribution in [0.5, 0.6) is 0 Å². The Balaban J connectivity index is 2.04. The molecule has 1 heterocycles. The van der Waals surface area contributed by atoms with Gasteiger partial charge in [-0.25, -0.2) is 4.79 Å². The first-order chi connectivity index (χ1) is 13.6. The number of likely N-dealkylation sites (tertiary alicyclic amines) is 1. The number of rotatable bonds is 3. The fraction of sp³-hybridized carbons (Fsp3) is 0.636. The number of carbonyl (C=O) groups excluding carboxylic acids is 1. The molecular formula is C22H30Cl2N2O3. The third-order valence-electron chi connectivity index (χ3n) is 6.24. The molecule has 0 spiro atoms. The van der Waals surface area contributed by atoms with Crippen molar-refractivity contribution in [1.29, 1.82) is 0 Å². The second-order valence-electron chi connectivity index (χ2n) is 9.25. The first-order valence-corrected chi connectivity index (χ1v) is 11.1. The van der Waals surface area contributed by atoms with Crippen molar-refractivity contribution in [2.45, 2.75) is 77.4 Å². The molecule has 1 aliphatic heterocycles. The summed E-state index contributed by atoms with van der Waals surface area (Å²) in [6.07, 6.45) is 4.90. The molecule has 2 atom stereocenters. The van der Waals surface area contributed by atoms with Crippen molar-refractivity contribution in [2.24, 2.45) is 5.41 Å². The van der Waals surface area contributed by atoms with E-state index in [1.807, 2.05) is 25.7 Å². The predicted molar refractivity (Wildman–Crippen MR) is 116 cm³/mol. The standard InChI is InChI=1S/C22H30Cl2N2O3/c1-22(2,3)19-17(12-13-25(19)21(28)29)26(14-8-5-4-6-9-14)20(27)15-10-7-11-16(23)18(15)24/h7,10-11,14,17,19H,4-6,8-9,12-13H2,1-3H3,(H,28,29)/t17-,19?/m0/s1. The molecule has 160 valence electrons. The van der Waals surface area contributed by atoms with Crippen molar-refractivity contribution < 1.29 is 14.7 Å². The predicted octanol–water partition coefficient (Wildman–Crippen LogP) is 5.94. The average Bonchev–Trinajstić information content (AvgIpc) is 3.10. The Morgan fingerprint density at radius 3 is 2.34 bits per heavy atom. The molecule has 5 nitrogen and oxygen atoms in total. The summed E-state index contributed by atoms with van der Waals surface area (Å²) < 4.78 is 0. The smallest absolute Gasteiger partial charge is 0.407 e. The number of nitrogens with zero attached hydrogens (tertiary/aromatic N) is 2. The van der Waals surface area contributed by atoms with Crippen LogP contribution >= 0.6 is 23.2 Å². The zero-order chi connectivity index (χ0) is 21.3. The van der Waals surface area contributed by atoms with Gasteiger partial charge in [0, 0.05) is 12.6 Å². The van der Waals surface area contributed by atoms with Gasteiger partial charge in [0.15, 0.2) is 0 Å². The Kier molecular flexibility index (Phi) is 6.69. The van der Waals surface area contributed by atoms with Crippen LogP contribution in [-0.4, -0.2) is 51.6 Å². The van der Waals surface area contributed by atoms with Crippen LogP contribution in [0.4, 0.5) is 4.79 Å². The summed E-state index contributed by atoms with van der Waals surface area (Å²) in [5, 5.41) is 10.4. The summed E-state index contributed by atoms with van der Waals surface area (Å²) in [4.78, 5) is 29.2. The van der Waals surface area contributed by atoms with E-state index < -0.39 is 6.09 Å². The minimum absolute atomic E-state index is 0.0925. The van der Waals surface area contributed by atoms with Gasteiger partial charge in [0.05, 0.1) is 27.7 Å². The maximum Gasteiger partial charge on any atom is 0.407 e. The lowest BCUT2D eigenvalue weighted by Crippen LogP contribution is -2.57. The minimum Gasteiger partial charge on any atom is -0.465 e. The zero-order valence-corrected chi connectivity index (χ0v) is 18.8. The Bertz CT molecular complexity index is 772. The van der Waals surface area contributed by atoms with Gasteiger partial charge in [-0.1, -0.05) is 69.3 Å². The summed E-state index contributed by atoms with van der Waals surface area (Å²) in [5.41, 5.74) is 0.0939. The van der Waals surface area contributed by atoms with Crippen LogP contribution in [0.2, 0.25) is 10.0 Å². The van der Waals surface area contributed by atoms with Crippen LogP contribution in [0.25, 0.3) is 0 Å². The SMILES string of the molecule is CC(C)(C)C1[C@@H](N(C(=O)c2cccc(Cl)c2Cl)C2CCCCC2)CCN1C(=O)O. The number of hydrogen-bond acceptors (Lipinski definition) is 2. The summed E-state index contributed by atoms with van der Waals surface area (Å²) in [6, 6.07) is 4.75. The van der Waals surface area contributed by atoms with E-state index in [0.29, 0.717) is 23.6 Å². The van der Waals surface area contributed by atoms with Crippen LogP contribution in [0, 0.1) is 5.41 Å². The highest BCUT2D eigenvalue weighted by atomic mass is 35.5. The quantitative estimate of drug-likeness (QED) is 0.632. The first-order valence-electron chi connectivity index (χ1n) is 10.4. The van der Waals surface area contributed by atoms with Gasteiger partial charge in [0.2, 0.25) is 0 Å². The lowest BCUT2D eigenvalue weighted by Gasteiger charge is -2.45. The van der Waals surface area contributed by atoms with Crippen molar-refractivity contribution >= 4 is 35.2 Å². The first kappa shape index (κ1) is 22.2. The summed E-state index contributed by atoms with van der Waals surface area (Å²) >= 11 is 12.6. The molecule has 1 aliphatic carbocycles. The molecule has 0 bridgehead atoms. The van der Waals surface area contributed by atoms with Crippen molar-refractivity contribution in [1.82, 2.24) is 9.80 Å². The molecule has 3 rings (SSSR count). The van der Waals surface area contributed by atoms with Gasteiger partial charge in [-0.05, 0) is 36.8 Å². The van der Waals surface area contributed by atoms with E-state index in [1.165, 1.54) is 11.3 Å². The van der Waals surface area contributed by atoms with Crippen LogP contribution < -0.4 is 0 Å². The maximum atomic E-state index is 13.8. The molecule has 29 heavy (non-hydrogen) atoms. The van der Waals surface area contributed by atoms with Crippen LogP contribution in [0.3, 0.4) is 0 Å². The normalized spacial score (nSPS) is 23.3. The highest BCUT2D eigenvalue weighted by Gasteiger charge is 2.49. The molecule has 0 radical (unpaired) electrons. The fourth-order valence-corrected chi connectivity index (χ4v) is 5.46. The van der Waals surface area contributed by atoms with E-state index in [9.17, 15) is 14.7 Å². The fourth-order valence-electron chi connectivity index (χ4n) is 5.08. The molecule has 1 unspecified atom stereocenters. The van der Waals surface area contributed by atoms with Crippen LogP contribution in [0.15, 0.2) is 18.2 Å². The van der Waals surface area contributed by atoms with E-state index in [2.05, 4.69) is 0 Å².